The maximum Gasteiger partial charge on any atom is 0.169 e. The van der Waals surface area contributed by atoms with Crippen LogP contribution in [0, 0.1) is 0 Å². The van der Waals surface area contributed by atoms with Crippen LogP contribution < -0.4 is 15.2 Å². The average molecular weight is 310 g/mol. The summed E-state index contributed by atoms with van der Waals surface area (Å²) in [5, 5.41) is 1.21. The standard InChI is InChI=1S/C15H13Cl2NO2/c16-9-5-12(11-3-1-2-4-13(11)17)15-14(6-9)19-8-10(7-18)20-15/h1-6,10H,7-8,18H2/t10-/m0/s1. The lowest BCUT2D eigenvalue weighted by Crippen LogP contribution is -2.35. The van der Waals surface area contributed by atoms with Crippen LogP contribution in [0.1, 0.15) is 0 Å². The maximum absolute atomic E-state index is 6.26. The van der Waals surface area contributed by atoms with E-state index in [2.05, 4.69) is 0 Å². The smallest absolute Gasteiger partial charge is 0.169 e. The van der Waals surface area contributed by atoms with Crippen molar-refractivity contribution in [1.82, 2.24) is 0 Å². The van der Waals surface area contributed by atoms with Crippen LogP contribution in [-0.4, -0.2) is 19.3 Å². The molecule has 1 aliphatic heterocycles. The summed E-state index contributed by atoms with van der Waals surface area (Å²) in [6.07, 6.45) is -0.162. The quantitative estimate of drug-likeness (QED) is 0.918. The van der Waals surface area contributed by atoms with Crippen molar-refractivity contribution in [2.24, 2.45) is 5.73 Å². The zero-order valence-corrected chi connectivity index (χ0v) is 12.1. The van der Waals surface area contributed by atoms with Gasteiger partial charge in [0, 0.05) is 33.8 Å². The summed E-state index contributed by atoms with van der Waals surface area (Å²) >= 11 is 12.4. The molecule has 0 fully saturated rings. The number of benzene rings is 2. The summed E-state index contributed by atoms with van der Waals surface area (Å²) in [5.41, 5.74) is 7.32. The second-order valence-electron chi connectivity index (χ2n) is 4.55. The highest BCUT2D eigenvalue weighted by Gasteiger charge is 2.24. The van der Waals surface area contributed by atoms with E-state index >= 15 is 0 Å². The largest absolute Gasteiger partial charge is 0.486 e. The van der Waals surface area contributed by atoms with Crippen molar-refractivity contribution in [2.75, 3.05) is 13.2 Å². The lowest BCUT2D eigenvalue weighted by Gasteiger charge is -2.27. The van der Waals surface area contributed by atoms with Crippen molar-refractivity contribution >= 4 is 23.2 Å². The van der Waals surface area contributed by atoms with E-state index in [0.717, 1.165) is 11.1 Å². The molecule has 0 aliphatic carbocycles. The molecule has 2 aromatic carbocycles. The predicted octanol–water partition coefficient (Wildman–Crippen LogP) is 3.76. The molecule has 20 heavy (non-hydrogen) atoms. The molecule has 0 bridgehead atoms. The van der Waals surface area contributed by atoms with Gasteiger partial charge < -0.3 is 15.2 Å². The summed E-state index contributed by atoms with van der Waals surface area (Å²) in [6, 6.07) is 11.1. The molecule has 0 saturated heterocycles. The van der Waals surface area contributed by atoms with Gasteiger partial charge in [0.2, 0.25) is 0 Å². The lowest BCUT2D eigenvalue weighted by atomic mass is 10.0. The van der Waals surface area contributed by atoms with Gasteiger partial charge in [-0.3, -0.25) is 0 Å². The molecule has 1 atom stereocenters. The fourth-order valence-corrected chi connectivity index (χ4v) is 2.62. The van der Waals surface area contributed by atoms with E-state index in [1.807, 2.05) is 30.3 Å². The molecular weight excluding hydrogens is 297 g/mol. The van der Waals surface area contributed by atoms with E-state index in [-0.39, 0.29) is 6.10 Å². The molecule has 3 rings (SSSR count). The first kappa shape index (κ1) is 13.6. The second kappa shape index (κ2) is 5.52. The summed E-state index contributed by atoms with van der Waals surface area (Å²) in [4.78, 5) is 0. The highest BCUT2D eigenvalue weighted by molar-refractivity contribution is 6.34. The number of hydrogen-bond acceptors (Lipinski definition) is 3. The number of rotatable bonds is 2. The SMILES string of the molecule is NC[C@H]1COc2cc(Cl)cc(-c3ccccc3Cl)c2O1. The van der Waals surface area contributed by atoms with Crippen LogP contribution in [0.25, 0.3) is 11.1 Å². The number of ether oxygens (including phenoxy) is 2. The van der Waals surface area contributed by atoms with Crippen LogP contribution in [0.3, 0.4) is 0 Å². The van der Waals surface area contributed by atoms with Crippen LogP contribution in [0.15, 0.2) is 36.4 Å². The second-order valence-corrected chi connectivity index (χ2v) is 5.39. The lowest BCUT2D eigenvalue weighted by molar-refractivity contribution is 0.0976. The Labute approximate surface area is 127 Å². The molecule has 0 spiro atoms. The van der Waals surface area contributed by atoms with Crippen molar-refractivity contribution < 1.29 is 9.47 Å². The monoisotopic (exact) mass is 309 g/mol. The zero-order valence-electron chi connectivity index (χ0n) is 10.6. The normalized spacial score (nSPS) is 17.1. The number of halogens is 2. The van der Waals surface area contributed by atoms with Crippen LogP contribution in [0.4, 0.5) is 0 Å². The summed E-state index contributed by atoms with van der Waals surface area (Å²) in [5.74, 6) is 1.27. The van der Waals surface area contributed by atoms with Gasteiger partial charge in [0.15, 0.2) is 11.5 Å². The Hall–Kier alpha value is -1.42. The van der Waals surface area contributed by atoms with E-state index in [0.29, 0.717) is 34.7 Å². The first-order valence-electron chi connectivity index (χ1n) is 6.27. The van der Waals surface area contributed by atoms with E-state index in [1.54, 1.807) is 6.07 Å². The van der Waals surface area contributed by atoms with E-state index in [1.165, 1.54) is 0 Å². The van der Waals surface area contributed by atoms with Gasteiger partial charge >= 0.3 is 0 Å². The van der Waals surface area contributed by atoms with Crippen molar-refractivity contribution in [3.63, 3.8) is 0 Å². The highest BCUT2D eigenvalue weighted by Crippen LogP contribution is 2.44. The topological polar surface area (TPSA) is 44.5 Å². The molecule has 2 N–H and O–H groups in total. The summed E-state index contributed by atoms with van der Waals surface area (Å²) in [6.45, 7) is 0.815. The van der Waals surface area contributed by atoms with Crippen molar-refractivity contribution in [3.8, 4) is 22.6 Å². The minimum atomic E-state index is -0.162. The minimum Gasteiger partial charge on any atom is -0.486 e. The van der Waals surface area contributed by atoms with Gasteiger partial charge in [0.25, 0.3) is 0 Å². The fourth-order valence-electron chi connectivity index (χ4n) is 2.18. The molecular formula is C15H13Cl2NO2. The van der Waals surface area contributed by atoms with Crippen LogP contribution in [0.2, 0.25) is 10.0 Å². The number of nitrogens with two attached hydrogens (primary N) is 1. The molecule has 0 amide bonds. The molecule has 5 heteroatoms. The van der Waals surface area contributed by atoms with Gasteiger partial charge in [-0.2, -0.15) is 0 Å². The van der Waals surface area contributed by atoms with Gasteiger partial charge in [-0.25, -0.2) is 0 Å². The van der Waals surface area contributed by atoms with E-state index < -0.39 is 0 Å². The van der Waals surface area contributed by atoms with E-state index in [4.69, 9.17) is 38.4 Å². The van der Waals surface area contributed by atoms with Crippen molar-refractivity contribution in [3.05, 3.63) is 46.4 Å². The molecule has 0 aromatic heterocycles. The Morgan fingerprint density at radius 1 is 1.15 bits per heavy atom. The Morgan fingerprint density at radius 2 is 1.95 bits per heavy atom. The fraction of sp³-hybridized carbons (Fsp3) is 0.200. The van der Waals surface area contributed by atoms with Gasteiger partial charge in [0.05, 0.1) is 0 Å². The minimum absolute atomic E-state index is 0.162. The number of hydrogen-bond donors (Lipinski definition) is 1. The maximum atomic E-state index is 6.26. The third kappa shape index (κ3) is 2.44. The van der Waals surface area contributed by atoms with Crippen molar-refractivity contribution in [1.29, 1.82) is 0 Å². The summed E-state index contributed by atoms with van der Waals surface area (Å²) in [7, 11) is 0. The molecule has 1 heterocycles. The first-order chi connectivity index (χ1) is 9.69. The average Bonchev–Trinajstić information content (AvgIpc) is 2.46. The molecule has 2 aromatic rings. The van der Waals surface area contributed by atoms with Gasteiger partial charge in [0.1, 0.15) is 12.7 Å². The molecule has 1 aliphatic rings. The van der Waals surface area contributed by atoms with Gasteiger partial charge in [-0.05, 0) is 12.1 Å². The molecule has 0 radical (unpaired) electrons. The molecule has 104 valence electrons. The molecule has 0 saturated carbocycles. The van der Waals surface area contributed by atoms with Gasteiger partial charge in [-0.15, -0.1) is 0 Å². The Kier molecular flexibility index (Phi) is 3.74. The van der Waals surface area contributed by atoms with Gasteiger partial charge in [-0.1, -0.05) is 41.4 Å². The highest BCUT2D eigenvalue weighted by atomic mass is 35.5. The number of fused-ring (bicyclic) bond motifs is 1. The third-order valence-electron chi connectivity index (χ3n) is 3.16. The Balaban J connectivity index is 2.16. The van der Waals surface area contributed by atoms with Crippen LogP contribution in [0.5, 0.6) is 11.5 Å². The van der Waals surface area contributed by atoms with E-state index in [9.17, 15) is 0 Å². The Bertz CT molecular complexity index is 646. The zero-order chi connectivity index (χ0) is 14.1. The predicted molar refractivity (Wildman–Crippen MR) is 80.9 cm³/mol. The summed E-state index contributed by atoms with van der Waals surface area (Å²) < 4.78 is 11.6. The van der Waals surface area contributed by atoms with Crippen LogP contribution >= 0.6 is 23.2 Å². The first-order valence-corrected chi connectivity index (χ1v) is 7.02. The van der Waals surface area contributed by atoms with Crippen LogP contribution in [-0.2, 0) is 0 Å². The molecule has 0 unspecified atom stereocenters. The Morgan fingerprint density at radius 3 is 2.70 bits per heavy atom. The van der Waals surface area contributed by atoms with Crippen molar-refractivity contribution in [2.45, 2.75) is 6.10 Å². The third-order valence-corrected chi connectivity index (χ3v) is 3.70. The molecule has 3 nitrogen and oxygen atoms in total.